The van der Waals surface area contributed by atoms with E-state index < -0.39 is 5.60 Å². The lowest BCUT2D eigenvalue weighted by molar-refractivity contribution is -0.157. The number of likely N-dealkylation sites (N-methyl/N-ethyl adjacent to an activating group) is 1. The van der Waals surface area contributed by atoms with Gasteiger partial charge in [-0.05, 0) is 49.0 Å². The quantitative estimate of drug-likeness (QED) is 0.563. The highest BCUT2D eigenvalue weighted by molar-refractivity contribution is 5.82. The first kappa shape index (κ1) is 23.8. The molecule has 0 bridgehead atoms. The van der Waals surface area contributed by atoms with Crippen LogP contribution in [0.5, 0.6) is 5.75 Å². The van der Waals surface area contributed by atoms with E-state index in [9.17, 15) is 9.18 Å². The molecule has 0 aliphatic carbocycles. The van der Waals surface area contributed by atoms with Crippen LogP contribution in [0.25, 0.3) is 10.9 Å². The second kappa shape index (κ2) is 10.4. The van der Waals surface area contributed by atoms with Crippen molar-refractivity contribution in [1.82, 2.24) is 19.7 Å². The highest BCUT2D eigenvalue weighted by Crippen LogP contribution is 2.28. The third kappa shape index (κ3) is 5.66. The number of carbonyl (C=O) groups is 1. The van der Waals surface area contributed by atoms with Crippen molar-refractivity contribution in [2.75, 3.05) is 59.5 Å². The molecule has 0 saturated carbocycles. The highest BCUT2D eigenvalue weighted by Gasteiger charge is 2.41. The number of ether oxygens (including phenoxy) is 2. The molecule has 0 unspecified atom stereocenters. The zero-order chi connectivity index (χ0) is 24.3. The van der Waals surface area contributed by atoms with Crippen molar-refractivity contribution >= 4 is 16.8 Å². The van der Waals surface area contributed by atoms with E-state index in [1.165, 1.54) is 23.1 Å². The maximum atomic E-state index is 13.4. The Kier molecular flexibility index (Phi) is 7.04. The predicted molar refractivity (Wildman–Crippen MR) is 133 cm³/mol. The van der Waals surface area contributed by atoms with Gasteiger partial charge in [-0.1, -0.05) is 12.1 Å². The number of H-pyrrole nitrogens is 1. The fraction of sp³-hybridized carbons (Fsp3) is 0.444. The Labute approximate surface area is 205 Å². The van der Waals surface area contributed by atoms with Gasteiger partial charge < -0.3 is 24.3 Å². The minimum atomic E-state index is -0.779. The molecule has 1 atom stereocenters. The topological polar surface area (TPSA) is 61.0 Å². The predicted octanol–water partition coefficient (Wildman–Crippen LogP) is 3.12. The van der Waals surface area contributed by atoms with Crippen molar-refractivity contribution < 1.29 is 18.7 Å². The number of benzene rings is 2. The smallest absolute Gasteiger partial charge is 0.225 e. The molecule has 0 spiro atoms. The second-order valence-electron chi connectivity index (χ2n) is 9.70. The first-order chi connectivity index (χ1) is 17.0. The van der Waals surface area contributed by atoms with E-state index in [1.54, 1.807) is 12.1 Å². The Morgan fingerprint density at radius 2 is 1.89 bits per heavy atom. The summed E-state index contributed by atoms with van der Waals surface area (Å²) in [6, 6.07) is 14.4. The summed E-state index contributed by atoms with van der Waals surface area (Å²) in [5.74, 6) is 0.349. The minimum Gasteiger partial charge on any atom is -0.491 e. The number of hydrogen-bond donors (Lipinski definition) is 1. The second-order valence-corrected chi connectivity index (χ2v) is 9.70. The van der Waals surface area contributed by atoms with E-state index >= 15 is 0 Å². The number of carbonyl (C=O) groups excluding carboxylic acids is 1. The van der Waals surface area contributed by atoms with Crippen molar-refractivity contribution in [3.63, 3.8) is 0 Å². The van der Waals surface area contributed by atoms with E-state index in [2.05, 4.69) is 46.1 Å². The zero-order valence-electron chi connectivity index (χ0n) is 20.2. The summed E-state index contributed by atoms with van der Waals surface area (Å²) >= 11 is 0. The molecule has 5 rings (SSSR count). The molecule has 1 N–H and O–H groups in total. The lowest BCUT2D eigenvalue weighted by Crippen LogP contribution is -2.58. The van der Waals surface area contributed by atoms with Crippen LogP contribution in [0.2, 0.25) is 0 Å². The molecular weight excluding hydrogens is 447 g/mol. The number of morpholine rings is 1. The van der Waals surface area contributed by atoms with Gasteiger partial charge in [-0.15, -0.1) is 0 Å². The van der Waals surface area contributed by atoms with E-state index in [-0.39, 0.29) is 24.8 Å². The Hall–Kier alpha value is -2.94. The van der Waals surface area contributed by atoms with E-state index in [0.717, 1.165) is 44.8 Å². The molecule has 35 heavy (non-hydrogen) atoms. The van der Waals surface area contributed by atoms with Crippen LogP contribution in [-0.2, 0) is 16.1 Å². The Balaban J connectivity index is 1.33. The average molecular weight is 481 g/mol. The van der Waals surface area contributed by atoms with Crippen LogP contribution in [-0.4, -0.2) is 90.7 Å². The normalized spacial score (nSPS) is 21.9. The lowest BCUT2D eigenvalue weighted by Gasteiger charge is -2.43. The maximum absolute atomic E-state index is 13.4. The summed E-state index contributed by atoms with van der Waals surface area (Å²) in [5.41, 5.74) is 1.58. The van der Waals surface area contributed by atoms with Crippen molar-refractivity contribution in [2.24, 2.45) is 0 Å². The summed E-state index contributed by atoms with van der Waals surface area (Å²) in [5, 5.41) is 1.21. The number of aromatic nitrogens is 1. The average Bonchev–Trinajstić information content (AvgIpc) is 3.34. The summed E-state index contributed by atoms with van der Waals surface area (Å²) < 4.78 is 25.8. The number of fused-ring (bicyclic) bond motifs is 1. The van der Waals surface area contributed by atoms with Crippen LogP contribution in [0.4, 0.5) is 4.39 Å². The first-order valence-electron chi connectivity index (χ1n) is 12.3. The standard InChI is InChI=1S/C27H33FN4O3/c1-30-11-13-32(14-12-30)26(33)17-27(20-34-23-7-5-22(28)6-8-23)19-31(15-16-35-27)18-21-3-2-4-25-24(21)9-10-29-25/h2-10,29H,11-20H2,1H3/t27-/m0/s1. The maximum Gasteiger partial charge on any atom is 0.225 e. The van der Waals surface area contributed by atoms with Gasteiger partial charge in [0.1, 0.15) is 23.8 Å². The molecule has 1 amide bonds. The monoisotopic (exact) mass is 480 g/mol. The molecule has 0 radical (unpaired) electrons. The number of rotatable bonds is 7. The molecule has 8 heteroatoms. The van der Waals surface area contributed by atoms with Gasteiger partial charge in [0.05, 0.1) is 13.0 Å². The molecule has 2 fully saturated rings. The Bertz CT molecular complexity index is 1140. The Morgan fingerprint density at radius 1 is 1.09 bits per heavy atom. The van der Waals surface area contributed by atoms with Gasteiger partial charge in [-0.25, -0.2) is 4.39 Å². The van der Waals surface area contributed by atoms with Gasteiger partial charge in [0.25, 0.3) is 0 Å². The SMILES string of the molecule is CN1CCN(C(=O)C[C@@]2(COc3ccc(F)cc3)CN(Cc3cccc4[nH]ccc34)CCO2)CC1. The van der Waals surface area contributed by atoms with E-state index in [0.29, 0.717) is 18.9 Å². The number of halogens is 1. The summed E-state index contributed by atoms with van der Waals surface area (Å²) in [4.78, 5) is 23.1. The van der Waals surface area contributed by atoms with Crippen LogP contribution in [0.15, 0.2) is 54.7 Å². The van der Waals surface area contributed by atoms with E-state index in [4.69, 9.17) is 9.47 Å². The number of nitrogens with zero attached hydrogens (tertiary/aromatic N) is 3. The Morgan fingerprint density at radius 3 is 2.69 bits per heavy atom. The molecular formula is C27H33FN4O3. The number of amides is 1. The minimum absolute atomic E-state index is 0.0930. The van der Waals surface area contributed by atoms with Crippen molar-refractivity contribution in [3.05, 3.63) is 66.1 Å². The molecule has 2 aliphatic rings. The van der Waals surface area contributed by atoms with Crippen LogP contribution >= 0.6 is 0 Å². The van der Waals surface area contributed by atoms with Gasteiger partial charge in [0.2, 0.25) is 5.91 Å². The van der Waals surface area contributed by atoms with Gasteiger partial charge in [0.15, 0.2) is 0 Å². The zero-order valence-corrected chi connectivity index (χ0v) is 20.2. The highest BCUT2D eigenvalue weighted by atomic mass is 19.1. The molecule has 3 aromatic rings. The number of piperazine rings is 1. The third-order valence-corrected chi connectivity index (χ3v) is 7.05. The third-order valence-electron chi connectivity index (χ3n) is 7.05. The fourth-order valence-corrected chi connectivity index (χ4v) is 5.02. The fourth-order valence-electron chi connectivity index (χ4n) is 5.02. The molecule has 2 aromatic carbocycles. The summed E-state index contributed by atoms with van der Waals surface area (Å²) in [7, 11) is 2.08. The van der Waals surface area contributed by atoms with Gasteiger partial charge in [0, 0.05) is 62.9 Å². The molecule has 7 nitrogen and oxygen atoms in total. The molecule has 3 heterocycles. The number of aromatic amines is 1. The lowest BCUT2D eigenvalue weighted by atomic mass is 9.96. The van der Waals surface area contributed by atoms with Crippen LogP contribution in [0, 0.1) is 5.82 Å². The largest absolute Gasteiger partial charge is 0.491 e. The summed E-state index contributed by atoms with van der Waals surface area (Å²) in [6.45, 7) is 6.06. The molecule has 1 aromatic heterocycles. The molecule has 2 saturated heterocycles. The van der Waals surface area contributed by atoms with Crippen molar-refractivity contribution in [1.29, 1.82) is 0 Å². The molecule has 186 valence electrons. The van der Waals surface area contributed by atoms with E-state index in [1.807, 2.05) is 11.1 Å². The number of hydrogen-bond acceptors (Lipinski definition) is 5. The van der Waals surface area contributed by atoms with Crippen LogP contribution in [0.3, 0.4) is 0 Å². The van der Waals surface area contributed by atoms with Gasteiger partial charge in [-0.3, -0.25) is 9.69 Å². The van der Waals surface area contributed by atoms with Crippen LogP contribution in [0.1, 0.15) is 12.0 Å². The number of nitrogens with one attached hydrogen (secondary N) is 1. The molecule has 2 aliphatic heterocycles. The van der Waals surface area contributed by atoms with Crippen molar-refractivity contribution in [2.45, 2.75) is 18.6 Å². The van der Waals surface area contributed by atoms with Crippen LogP contribution < -0.4 is 4.74 Å². The van der Waals surface area contributed by atoms with Gasteiger partial charge >= 0.3 is 0 Å². The first-order valence-corrected chi connectivity index (χ1v) is 12.3. The summed E-state index contributed by atoms with van der Waals surface area (Å²) in [6.07, 6.45) is 2.21. The van der Waals surface area contributed by atoms with Gasteiger partial charge in [-0.2, -0.15) is 0 Å². The van der Waals surface area contributed by atoms with Crippen molar-refractivity contribution in [3.8, 4) is 5.75 Å².